The topological polar surface area (TPSA) is 70.7 Å². The van der Waals surface area contributed by atoms with Crippen LogP contribution in [-0.2, 0) is 14.9 Å². The molecule has 1 fully saturated rings. The Balaban J connectivity index is 2.41. The van der Waals surface area contributed by atoms with Gasteiger partial charge in [-0.05, 0) is 19.9 Å². The number of piperidine rings is 1. The van der Waals surface area contributed by atoms with E-state index in [0.29, 0.717) is 13.1 Å². The van der Waals surface area contributed by atoms with Crippen molar-refractivity contribution in [1.29, 1.82) is 0 Å². The number of nitrogens with zero attached hydrogens (tertiary/aromatic N) is 1. The SMILES string of the molecule is CNCC1CCCCN1S(=O)(=O)NCCOCC(F)F. The first-order chi connectivity index (χ1) is 9.47. The number of hydrogen-bond acceptors (Lipinski definition) is 4. The maximum absolute atomic E-state index is 12.2. The molecular formula is C11H23F2N3O3S. The van der Waals surface area contributed by atoms with Crippen molar-refractivity contribution in [2.45, 2.75) is 31.7 Å². The molecule has 1 unspecified atom stereocenters. The molecule has 2 N–H and O–H groups in total. The van der Waals surface area contributed by atoms with Crippen molar-refractivity contribution < 1.29 is 21.9 Å². The van der Waals surface area contributed by atoms with Gasteiger partial charge in [0, 0.05) is 25.7 Å². The molecule has 1 heterocycles. The van der Waals surface area contributed by atoms with Crippen LogP contribution < -0.4 is 10.0 Å². The van der Waals surface area contributed by atoms with Gasteiger partial charge in [0.25, 0.3) is 16.6 Å². The van der Waals surface area contributed by atoms with E-state index in [-0.39, 0.29) is 19.2 Å². The van der Waals surface area contributed by atoms with Crippen LogP contribution in [0.25, 0.3) is 0 Å². The van der Waals surface area contributed by atoms with Crippen molar-refractivity contribution in [2.75, 3.05) is 39.9 Å². The van der Waals surface area contributed by atoms with Crippen LogP contribution in [0.5, 0.6) is 0 Å². The summed E-state index contributed by atoms with van der Waals surface area (Å²) in [5.41, 5.74) is 0. The fourth-order valence-electron chi connectivity index (χ4n) is 2.23. The van der Waals surface area contributed by atoms with Gasteiger partial charge in [0.1, 0.15) is 6.61 Å². The third kappa shape index (κ3) is 5.96. The normalized spacial score (nSPS) is 21.5. The Labute approximate surface area is 119 Å². The Morgan fingerprint density at radius 3 is 2.80 bits per heavy atom. The van der Waals surface area contributed by atoms with Crippen LogP contribution in [0.2, 0.25) is 0 Å². The lowest BCUT2D eigenvalue weighted by molar-refractivity contribution is 0.0198. The van der Waals surface area contributed by atoms with Crippen LogP contribution in [0.3, 0.4) is 0 Å². The van der Waals surface area contributed by atoms with E-state index in [1.807, 2.05) is 0 Å². The molecule has 1 aliphatic heterocycles. The summed E-state index contributed by atoms with van der Waals surface area (Å²) in [5, 5.41) is 2.99. The van der Waals surface area contributed by atoms with E-state index in [1.54, 1.807) is 7.05 Å². The van der Waals surface area contributed by atoms with Gasteiger partial charge in [-0.15, -0.1) is 0 Å². The van der Waals surface area contributed by atoms with Gasteiger partial charge in [0.2, 0.25) is 0 Å². The molecule has 20 heavy (non-hydrogen) atoms. The van der Waals surface area contributed by atoms with Crippen LogP contribution in [0, 0.1) is 0 Å². The monoisotopic (exact) mass is 315 g/mol. The summed E-state index contributed by atoms with van der Waals surface area (Å²) in [6, 6.07) is -0.0618. The maximum Gasteiger partial charge on any atom is 0.279 e. The highest BCUT2D eigenvalue weighted by atomic mass is 32.2. The van der Waals surface area contributed by atoms with E-state index in [9.17, 15) is 17.2 Å². The van der Waals surface area contributed by atoms with E-state index in [4.69, 9.17) is 0 Å². The largest absolute Gasteiger partial charge is 0.374 e. The molecule has 0 aliphatic carbocycles. The second-order valence-corrected chi connectivity index (χ2v) is 6.39. The molecule has 0 aromatic carbocycles. The van der Waals surface area contributed by atoms with Gasteiger partial charge in [-0.25, -0.2) is 8.78 Å². The molecule has 0 spiro atoms. The molecule has 0 radical (unpaired) electrons. The smallest absolute Gasteiger partial charge is 0.279 e. The molecule has 120 valence electrons. The minimum absolute atomic E-state index is 0.00216. The summed E-state index contributed by atoms with van der Waals surface area (Å²) in [5.74, 6) is 0. The Morgan fingerprint density at radius 2 is 2.15 bits per heavy atom. The van der Waals surface area contributed by atoms with Gasteiger partial charge in [-0.1, -0.05) is 6.42 Å². The van der Waals surface area contributed by atoms with Crippen molar-refractivity contribution in [2.24, 2.45) is 0 Å². The van der Waals surface area contributed by atoms with Crippen molar-refractivity contribution in [1.82, 2.24) is 14.3 Å². The number of halogens is 2. The van der Waals surface area contributed by atoms with E-state index < -0.39 is 23.2 Å². The molecular weight excluding hydrogens is 292 g/mol. The number of alkyl halides is 2. The van der Waals surface area contributed by atoms with Gasteiger partial charge in [0.15, 0.2) is 0 Å². The zero-order valence-electron chi connectivity index (χ0n) is 11.6. The van der Waals surface area contributed by atoms with Gasteiger partial charge < -0.3 is 10.1 Å². The standard InChI is InChI=1S/C11H23F2N3O3S/c1-14-8-10-4-2-3-6-16(10)20(17,18)15-5-7-19-9-11(12)13/h10-11,14-15H,2-9H2,1H3. The van der Waals surface area contributed by atoms with Crippen LogP contribution in [0.4, 0.5) is 8.78 Å². The van der Waals surface area contributed by atoms with Crippen LogP contribution in [0.1, 0.15) is 19.3 Å². The fourth-order valence-corrected chi connectivity index (χ4v) is 3.68. The molecule has 0 amide bonds. The Bertz CT molecular complexity index is 366. The predicted octanol–water partition coefficient (Wildman–Crippen LogP) is 0.176. The lowest BCUT2D eigenvalue weighted by Crippen LogP contribution is -2.52. The second-order valence-electron chi connectivity index (χ2n) is 4.68. The highest BCUT2D eigenvalue weighted by Crippen LogP contribution is 2.19. The van der Waals surface area contributed by atoms with Crippen LogP contribution >= 0.6 is 0 Å². The minimum Gasteiger partial charge on any atom is -0.374 e. The minimum atomic E-state index is -3.58. The quantitative estimate of drug-likeness (QED) is 0.595. The summed E-state index contributed by atoms with van der Waals surface area (Å²) < 4.78 is 56.5. The average Bonchev–Trinajstić information content (AvgIpc) is 2.38. The molecule has 1 saturated heterocycles. The fraction of sp³-hybridized carbons (Fsp3) is 1.00. The summed E-state index contributed by atoms with van der Waals surface area (Å²) in [6.07, 6.45) is 0.136. The summed E-state index contributed by atoms with van der Waals surface area (Å²) in [4.78, 5) is 0. The van der Waals surface area contributed by atoms with E-state index in [1.165, 1.54) is 4.31 Å². The van der Waals surface area contributed by atoms with Gasteiger partial charge in [0.05, 0.1) is 6.61 Å². The summed E-state index contributed by atoms with van der Waals surface area (Å²) in [7, 11) is -1.80. The summed E-state index contributed by atoms with van der Waals surface area (Å²) >= 11 is 0. The summed E-state index contributed by atoms with van der Waals surface area (Å²) in [6.45, 7) is 0.349. The Kier molecular flexibility index (Phi) is 7.82. The van der Waals surface area contributed by atoms with Gasteiger partial charge in [-0.2, -0.15) is 17.4 Å². The molecule has 0 aromatic heterocycles. The number of rotatable bonds is 9. The zero-order valence-corrected chi connectivity index (χ0v) is 12.5. The van der Waals surface area contributed by atoms with Crippen molar-refractivity contribution >= 4 is 10.2 Å². The number of likely N-dealkylation sites (N-methyl/N-ethyl adjacent to an activating group) is 1. The molecule has 1 rings (SSSR count). The molecule has 1 aliphatic rings. The first kappa shape index (κ1) is 17.7. The number of ether oxygens (including phenoxy) is 1. The van der Waals surface area contributed by atoms with Crippen molar-refractivity contribution in [3.63, 3.8) is 0 Å². The van der Waals surface area contributed by atoms with E-state index >= 15 is 0 Å². The van der Waals surface area contributed by atoms with Gasteiger partial charge >= 0.3 is 0 Å². The first-order valence-electron chi connectivity index (χ1n) is 6.74. The lowest BCUT2D eigenvalue weighted by Gasteiger charge is -2.34. The Hall–Kier alpha value is -0.350. The van der Waals surface area contributed by atoms with Crippen molar-refractivity contribution in [3.8, 4) is 0 Å². The van der Waals surface area contributed by atoms with Crippen LogP contribution in [-0.4, -0.2) is 65.1 Å². The number of nitrogens with one attached hydrogen (secondary N) is 2. The van der Waals surface area contributed by atoms with E-state index in [0.717, 1.165) is 19.3 Å². The van der Waals surface area contributed by atoms with E-state index in [2.05, 4.69) is 14.8 Å². The third-order valence-electron chi connectivity index (χ3n) is 3.10. The maximum atomic E-state index is 12.2. The van der Waals surface area contributed by atoms with Gasteiger partial charge in [-0.3, -0.25) is 0 Å². The lowest BCUT2D eigenvalue weighted by atomic mass is 10.1. The molecule has 0 aromatic rings. The molecule has 9 heteroatoms. The molecule has 0 saturated carbocycles. The molecule has 6 nitrogen and oxygen atoms in total. The van der Waals surface area contributed by atoms with Crippen LogP contribution in [0.15, 0.2) is 0 Å². The zero-order chi connectivity index (χ0) is 15.0. The second kappa shape index (κ2) is 8.83. The predicted molar refractivity (Wildman–Crippen MR) is 72.0 cm³/mol. The van der Waals surface area contributed by atoms with Crippen molar-refractivity contribution in [3.05, 3.63) is 0 Å². The Morgan fingerprint density at radius 1 is 1.40 bits per heavy atom. The third-order valence-corrected chi connectivity index (χ3v) is 4.76. The average molecular weight is 315 g/mol. The molecule has 0 bridgehead atoms. The molecule has 1 atom stereocenters. The highest BCUT2D eigenvalue weighted by molar-refractivity contribution is 7.87. The highest BCUT2D eigenvalue weighted by Gasteiger charge is 2.31. The number of hydrogen-bond donors (Lipinski definition) is 2. The first-order valence-corrected chi connectivity index (χ1v) is 8.18.